The number of piperidine rings is 1. The molecule has 1 aromatic heterocycles. The Morgan fingerprint density at radius 3 is 2.81 bits per heavy atom. The number of likely N-dealkylation sites (tertiary alicyclic amines) is 1. The van der Waals surface area contributed by atoms with Crippen molar-refractivity contribution in [3.63, 3.8) is 0 Å². The van der Waals surface area contributed by atoms with Crippen molar-refractivity contribution in [1.29, 1.82) is 5.26 Å². The molecule has 2 aliphatic heterocycles. The molecule has 2 aliphatic rings. The zero-order valence-corrected chi connectivity index (χ0v) is 17.9. The Bertz CT molecular complexity index is 1050. The van der Waals surface area contributed by atoms with Gasteiger partial charge in [0.25, 0.3) is 5.91 Å². The molecule has 0 saturated carbocycles. The number of amides is 1. The second-order valence-corrected chi connectivity index (χ2v) is 8.21. The van der Waals surface area contributed by atoms with Crippen molar-refractivity contribution in [2.75, 3.05) is 31.5 Å². The average Bonchev–Trinajstić information content (AvgIpc) is 3.29. The van der Waals surface area contributed by atoms with E-state index in [0.717, 1.165) is 62.4 Å². The predicted molar refractivity (Wildman–Crippen MR) is 122 cm³/mol. The minimum Gasteiger partial charge on any atom is -0.375 e. The number of H-pyrrole nitrogens is 1. The van der Waals surface area contributed by atoms with Gasteiger partial charge in [-0.15, -0.1) is 0 Å². The monoisotopic (exact) mass is 416 g/mol. The van der Waals surface area contributed by atoms with Gasteiger partial charge >= 0.3 is 0 Å². The van der Waals surface area contributed by atoms with E-state index in [-0.39, 0.29) is 17.4 Å². The molecule has 0 spiro atoms. The molecule has 0 unspecified atom stereocenters. The minimum atomic E-state index is -0.352. The molecule has 0 atom stereocenters. The number of benzene rings is 1. The topological polar surface area (TPSA) is 96.8 Å². The number of nitriles is 1. The number of aromatic amines is 1. The Morgan fingerprint density at radius 1 is 1.35 bits per heavy atom. The number of carbonyl (C=O) groups is 1. The largest absolute Gasteiger partial charge is 0.375 e. The number of hydrogen-bond donors (Lipinski definition) is 3. The summed E-state index contributed by atoms with van der Waals surface area (Å²) < 4.78 is 0. The SMILES string of the molecule is C=C(C)N1CCC(c2ccc(NC(=O)c3ncc(C#N)[nH]3)c(C3=CCCNC3)c2)CC1. The molecule has 1 amide bonds. The van der Waals surface area contributed by atoms with Gasteiger partial charge in [-0.2, -0.15) is 5.26 Å². The van der Waals surface area contributed by atoms with E-state index >= 15 is 0 Å². The molecule has 3 N–H and O–H groups in total. The molecule has 1 saturated heterocycles. The maximum Gasteiger partial charge on any atom is 0.291 e. The lowest BCUT2D eigenvalue weighted by molar-refractivity contribution is 0.101. The summed E-state index contributed by atoms with van der Waals surface area (Å²) in [6, 6.07) is 8.32. The van der Waals surface area contributed by atoms with Crippen molar-refractivity contribution < 1.29 is 4.79 Å². The fourth-order valence-corrected chi connectivity index (χ4v) is 4.31. The molecule has 3 heterocycles. The minimum absolute atomic E-state index is 0.134. The van der Waals surface area contributed by atoms with Gasteiger partial charge in [0, 0.05) is 36.6 Å². The van der Waals surface area contributed by atoms with Gasteiger partial charge < -0.3 is 20.5 Å². The summed E-state index contributed by atoms with van der Waals surface area (Å²) in [6.07, 6.45) is 6.77. The van der Waals surface area contributed by atoms with E-state index in [2.05, 4.69) is 57.2 Å². The van der Waals surface area contributed by atoms with Crippen molar-refractivity contribution in [3.05, 3.63) is 65.4 Å². The summed E-state index contributed by atoms with van der Waals surface area (Å²) >= 11 is 0. The maximum atomic E-state index is 12.7. The summed E-state index contributed by atoms with van der Waals surface area (Å²) in [7, 11) is 0. The smallest absolute Gasteiger partial charge is 0.291 e. The molecule has 7 heteroatoms. The number of imidazole rings is 1. The molecule has 0 radical (unpaired) electrons. The van der Waals surface area contributed by atoms with Crippen molar-refractivity contribution in [2.45, 2.75) is 32.1 Å². The highest BCUT2D eigenvalue weighted by Gasteiger charge is 2.22. The van der Waals surface area contributed by atoms with Gasteiger partial charge in [-0.05, 0) is 61.9 Å². The fourth-order valence-electron chi connectivity index (χ4n) is 4.31. The van der Waals surface area contributed by atoms with Crippen LogP contribution in [0.4, 0.5) is 5.69 Å². The zero-order valence-electron chi connectivity index (χ0n) is 17.9. The summed E-state index contributed by atoms with van der Waals surface area (Å²) in [6.45, 7) is 9.93. The maximum absolute atomic E-state index is 12.7. The van der Waals surface area contributed by atoms with Crippen LogP contribution in [0.25, 0.3) is 5.57 Å². The third-order valence-corrected chi connectivity index (χ3v) is 6.08. The van der Waals surface area contributed by atoms with Crippen LogP contribution >= 0.6 is 0 Å². The van der Waals surface area contributed by atoms with E-state index in [4.69, 9.17) is 5.26 Å². The molecule has 4 rings (SSSR count). The highest BCUT2D eigenvalue weighted by Crippen LogP contribution is 2.34. The number of allylic oxidation sites excluding steroid dienone is 1. The number of nitrogens with one attached hydrogen (secondary N) is 3. The molecular weight excluding hydrogens is 388 g/mol. The van der Waals surface area contributed by atoms with E-state index in [1.54, 1.807) is 0 Å². The first-order valence-electron chi connectivity index (χ1n) is 10.8. The molecule has 160 valence electrons. The van der Waals surface area contributed by atoms with E-state index < -0.39 is 0 Å². The Kier molecular flexibility index (Phi) is 6.19. The van der Waals surface area contributed by atoms with Gasteiger partial charge in [-0.3, -0.25) is 4.79 Å². The molecule has 1 aromatic carbocycles. The number of rotatable bonds is 5. The number of hydrogen-bond acceptors (Lipinski definition) is 5. The molecular formula is C24H28N6O. The fraction of sp³-hybridized carbons (Fsp3) is 0.375. The summed E-state index contributed by atoms with van der Waals surface area (Å²) in [5.74, 6) is 0.281. The van der Waals surface area contributed by atoms with Gasteiger partial charge in [-0.1, -0.05) is 18.7 Å². The number of nitrogens with zero attached hydrogens (tertiary/aromatic N) is 3. The number of carbonyl (C=O) groups excluding carboxylic acids is 1. The van der Waals surface area contributed by atoms with Crippen LogP contribution in [-0.4, -0.2) is 47.0 Å². The average molecular weight is 417 g/mol. The first-order valence-corrected chi connectivity index (χ1v) is 10.8. The summed E-state index contributed by atoms with van der Waals surface area (Å²) in [4.78, 5) is 21.8. The third kappa shape index (κ3) is 4.70. The van der Waals surface area contributed by atoms with E-state index in [0.29, 0.717) is 5.92 Å². The van der Waals surface area contributed by atoms with Crippen molar-refractivity contribution in [2.24, 2.45) is 0 Å². The highest BCUT2D eigenvalue weighted by atomic mass is 16.2. The lowest BCUT2D eigenvalue weighted by Gasteiger charge is -2.34. The van der Waals surface area contributed by atoms with Gasteiger partial charge in [0.1, 0.15) is 11.8 Å². The van der Waals surface area contributed by atoms with Crippen molar-refractivity contribution in [1.82, 2.24) is 20.2 Å². The molecule has 7 nitrogen and oxygen atoms in total. The van der Waals surface area contributed by atoms with E-state index in [1.165, 1.54) is 17.3 Å². The Morgan fingerprint density at radius 2 is 2.16 bits per heavy atom. The Hall–Kier alpha value is -3.37. The molecule has 0 aliphatic carbocycles. The van der Waals surface area contributed by atoms with Crippen LogP contribution in [0.5, 0.6) is 0 Å². The van der Waals surface area contributed by atoms with Crippen LogP contribution in [-0.2, 0) is 0 Å². The van der Waals surface area contributed by atoms with Gasteiger partial charge in [0.15, 0.2) is 5.82 Å². The normalized spacial score (nSPS) is 17.0. The molecule has 1 fully saturated rings. The molecule has 0 bridgehead atoms. The standard InChI is InChI=1S/C24H28N6O/c1-16(2)30-10-7-17(8-11-30)18-5-6-22(21(12-18)19-4-3-9-26-14-19)29-24(31)23-27-15-20(13-25)28-23/h4-6,12,15,17,26H,1,3,7-11,14H2,2H3,(H,27,28)(H,29,31). The zero-order chi connectivity index (χ0) is 21.8. The van der Waals surface area contributed by atoms with E-state index in [1.807, 2.05) is 12.1 Å². The lowest BCUT2D eigenvalue weighted by Crippen LogP contribution is -2.31. The second kappa shape index (κ2) is 9.19. The van der Waals surface area contributed by atoms with Gasteiger partial charge in [0.05, 0.1) is 6.20 Å². The summed E-state index contributed by atoms with van der Waals surface area (Å²) in [5.41, 5.74) is 5.71. The predicted octanol–water partition coefficient (Wildman–Crippen LogP) is 3.62. The first kappa shape index (κ1) is 20.9. The Balaban J connectivity index is 1.59. The summed E-state index contributed by atoms with van der Waals surface area (Å²) in [5, 5.41) is 15.4. The van der Waals surface area contributed by atoms with Crippen LogP contribution in [0.3, 0.4) is 0 Å². The number of aromatic nitrogens is 2. The van der Waals surface area contributed by atoms with E-state index in [9.17, 15) is 4.79 Å². The van der Waals surface area contributed by atoms with Crippen molar-refractivity contribution >= 4 is 17.2 Å². The van der Waals surface area contributed by atoms with Crippen LogP contribution in [0.15, 0.2) is 42.7 Å². The second-order valence-electron chi connectivity index (χ2n) is 8.21. The third-order valence-electron chi connectivity index (χ3n) is 6.08. The highest BCUT2D eigenvalue weighted by molar-refractivity contribution is 6.03. The Labute approximate surface area is 182 Å². The molecule has 31 heavy (non-hydrogen) atoms. The van der Waals surface area contributed by atoms with Crippen molar-refractivity contribution in [3.8, 4) is 6.07 Å². The quantitative estimate of drug-likeness (QED) is 0.692. The van der Waals surface area contributed by atoms with Crippen LogP contribution in [0.1, 0.15) is 59.5 Å². The lowest BCUT2D eigenvalue weighted by atomic mass is 9.86. The van der Waals surface area contributed by atoms with Crippen LogP contribution in [0, 0.1) is 11.3 Å². The number of anilines is 1. The first-order chi connectivity index (χ1) is 15.0. The van der Waals surface area contributed by atoms with Gasteiger partial charge in [-0.25, -0.2) is 4.98 Å². The molecule has 2 aromatic rings. The van der Waals surface area contributed by atoms with Crippen LogP contribution in [0.2, 0.25) is 0 Å². The van der Waals surface area contributed by atoms with Crippen LogP contribution < -0.4 is 10.6 Å². The van der Waals surface area contributed by atoms with Gasteiger partial charge in [0.2, 0.25) is 0 Å².